The smallest absolute Gasteiger partial charge is 0.374 e. The van der Waals surface area contributed by atoms with Crippen LogP contribution in [0.25, 0.3) is 0 Å². The highest BCUT2D eigenvalue weighted by Crippen LogP contribution is 1.84. The van der Waals surface area contributed by atoms with E-state index in [-0.39, 0.29) is 7.41 Å². The highest BCUT2D eigenvalue weighted by Gasteiger charge is 1.99. The normalized spacial score (nSPS) is 8.89. The molecule has 1 heterocycles. The van der Waals surface area contributed by atoms with Crippen molar-refractivity contribution in [2.45, 2.75) is 0 Å². The molecule has 0 aliphatic rings. The van der Waals surface area contributed by atoms with Gasteiger partial charge in [0.25, 0.3) is 5.87 Å². The van der Waals surface area contributed by atoms with E-state index in [0.29, 0.717) is 0 Å². The lowest BCUT2D eigenvalue weighted by atomic mass is 9.96. The summed E-state index contributed by atoms with van der Waals surface area (Å²) < 4.78 is 1.60. The van der Waals surface area contributed by atoms with E-state index in [2.05, 4.69) is 0 Å². The molecule has 1 rings (SSSR count). The van der Waals surface area contributed by atoms with Gasteiger partial charge in [0.05, 0.1) is 0 Å². The molecule has 1 aromatic rings. The fraction of sp³-hybridized carbons (Fsp3) is 0. The first kappa shape index (κ1) is 5.94. The fourth-order valence-corrected chi connectivity index (χ4v) is 0.632. The van der Waals surface area contributed by atoms with Crippen molar-refractivity contribution in [3.63, 3.8) is 0 Å². The van der Waals surface area contributed by atoms with E-state index >= 15 is 0 Å². The quantitative estimate of drug-likeness (QED) is 0.577. The van der Waals surface area contributed by atoms with Gasteiger partial charge in [0.15, 0.2) is 0 Å². The summed E-state index contributed by atoms with van der Waals surface area (Å²) >= 11 is 0. The molecule has 0 aliphatic heterocycles. The van der Waals surface area contributed by atoms with Crippen molar-refractivity contribution in [2.24, 2.45) is 0 Å². The van der Waals surface area contributed by atoms with Crippen LogP contribution in [0.1, 0.15) is 0 Å². The maximum absolute atomic E-state index is 10.0. The Morgan fingerprint density at radius 2 is 2.00 bits per heavy atom. The predicted octanol–water partition coefficient (Wildman–Crippen LogP) is 0.366. The number of nitrogens with zero attached hydrogens (tertiary/aromatic N) is 1. The van der Waals surface area contributed by atoms with Crippen LogP contribution in [-0.4, -0.2) is 22.9 Å². The van der Waals surface area contributed by atoms with Crippen molar-refractivity contribution < 1.29 is 9.90 Å². The van der Waals surface area contributed by atoms with E-state index in [1.807, 2.05) is 0 Å². The lowest BCUT2D eigenvalue weighted by Gasteiger charge is -1.90. The third-order valence-corrected chi connectivity index (χ3v) is 0.984. The Kier molecular flexibility index (Phi) is 1.58. The summed E-state index contributed by atoms with van der Waals surface area (Å²) in [4.78, 5) is 10.0. The molecule has 0 aromatic carbocycles. The van der Waals surface area contributed by atoms with Gasteiger partial charge in [-0.25, -0.2) is 0 Å². The molecular formula is C5H6BNO2. The van der Waals surface area contributed by atoms with Crippen LogP contribution in [0.15, 0.2) is 24.5 Å². The second kappa shape index (κ2) is 2.39. The summed E-state index contributed by atoms with van der Waals surface area (Å²) in [5.41, 5.74) is 0. The monoisotopic (exact) mass is 123 g/mol. The van der Waals surface area contributed by atoms with Crippen LogP contribution in [0.4, 0.5) is 4.79 Å². The minimum atomic E-state index is -0.814. The topological polar surface area (TPSA) is 42.2 Å². The lowest BCUT2D eigenvalue weighted by Crippen LogP contribution is -2.13. The number of hydrogen-bond donors (Lipinski definition) is 1. The summed E-state index contributed by atoms with van der Waals surface area (Å²) in [6.07, 6.45) is 3.43. The van der Waals surface area contributed by atoms with Crippen LogP contribution in [0.5, 0.6) is 0 Å². The van der Waals surface area contributed by atoms with Crippen LogP contribution >= 0.6 is 0 Å². The molecule has 0 saturated carbocycles. The molecule has 46 valence electrons. The van der Waals surface area contributed by atoms with Crippen molar-refractivity contribution >= 4 is 13.3 Å². The molecule has 1 aromatic heterocycles. The molecule has 0 saturated heterocycles. The number of hydrogen-bond acceptors (Lipinski definition) is 1. The molecule has 1 N–H and O–H groups in total. The molecule has 3 nitrogen and oxygen atoms in total. The van der Waals surface area contributed by atoms with Crippen LogP contribution in [-0.2, 0) is 0 Å². The molecular weight excluding hydrogens is 117 g/mol. The Hall–Kier alpha value is -1.19. The Morgan fingerprint density at radius 1 is 1.44 bits per heavy atom. The second-order valence-electron chi connectivity index (χ2n) is 1.75. The Bertz CT molecular complexity index is 195. The maximum Gasteiger partial charge on any atom is 0.374 e. The molecule has 4 heteroatoms. The molecule has 0 unspecified atom stereocenters. The molecule has 0 aliphatic carbocycles. The average molecular weight is 123 g/mol. The Labute approximate surface area is 53.2 Å². The van der Waals surface area contributed by atoms with Crippen molar-refractivity contribution in [1.82, 2.24) is 4.48 Å². The van der Waals surface area contributed by atoms with Gasteiger partial charge in [-0.2, -0.15) is 0 Å². The number of carboxylic acid groups (broad SMARTS) is 1. The third kappa shape index (κ3) is 1.64. The average Bonchev–Trinajstić information content (AvgIpc) is 2.15. The molecule has 0 bridgehead atoms. The summed E-state index contributed by atoms with van der Waals surface area (Å²) in [7, 11) is 0.0486. The lowest BCUT2D eigenvalue weighted by molar-refractivity contribution is 0.219. The fourth-order valence-electron chi connectivity index (χ4n) is 0.632. The van der Waals surface area contributed by atoms with Gasteiger partial charge in [-0.05, 0) is 24.5 Å². The van der Waals surface area contributed by atoms with E-state index < -0.39 is 5.87 Å². The van der Waals surface area contributed by atoms with E-state index in [1.165, 1.54) is 0 Å². The first-order valence-electron chi connectivity index (χ1n) is 2.61. The minimum absolute atomic E-state index is 0.0486. The van der Waals surface area contributed by atoms with Crippen molar-refractivity contribution in [3.8, 4) is 0 Å². The van der Waals surface area contributed by atoms with Crippen molar-refractivity contribution in [2.75, 3.05) is 0 Å². The van der Waals surface area contributed by atoms with Gasteiger partial charge in [-0.3, -0.25) is 4.79 Å². The molecule has 0 radical (unpaired) electrons. The summed E-state index contributed by atoms with van der Waals surface area (Å²) in [5.74, 6) is -0.814. The van der Waals surface area contributed by atoms with Gasteiger partial charge in [-0.15, -0.1) is 0 Å². The molecule has 9 heavy (non-hydrogen) atoms. The zero-order valence-electron chi connectivity index (χ0n) is 4.82. The number of aromatic nitrogens is 1. The van der Waals surface area contributed by atoms with E-state index in [1.54, 1.807) is 29.0 Å². The van der Waals surface area contributed by atoms with E-state index in [0.717, 1.165) is 0 Å². The van der Waals surface area contributed by atoms with E-state index in [4.69, 9.17) is 5.11 Å². The van der Waals surface area contributed by atoms with Crippen molar-refractivity contribution in [1.29, 1.82) is 0 Å². The second-order valence-corrected chi connectivity index (χ2v) is 1.75. The van der Waals surface area contributed by atoms with Crippen LogP contribution in [0, 0.1) is 0 Å². The van der Waals surface area contributed by atoms with Gasteiger partial charge in [-0.1, -0.05) is 0 Å². The molecule has 0 atom stereocenters. The SMILES string of the molecule is O=C(O)Bn1cccc1. The van der Waals surface area contributed by atoms with Gasteiger partial charge in [0.1, 0.15) is 0 Å². The molecule has 0 spiro atoms. The summed E-state index contributed by atoms with van der Waals surface area (Å²) in [6, 6.07) is 3.59. The zero-order chi connectivity index (χ0) is 6.69. The highest BCUT2D eigenvalue weighted by atomic mass is 16.4. The Morgan fingerprint density at radius 3 is 2.44 bits per heavy atom. The summed E-state index contributed by atoms with van der Waals surface area (Å²) in [6.45, 7) is 0. The zero-order valence-corrected chi connectivity index (χ0v) is 4.82. The van der Waals surface area contributed by atoms with Crippen LogP contribution in [0.2, 0.25) is 0 Å². The van der Waals surface area contributed by atoms with E-state index in [9.17, 15) is 4.79 Å². The van der Waals surface area contributed by atoms with Gasteiger partial charge < -0.3 is 9.58 Å². The van der Waals surface area contributed by atoms with Gasteiger partial charge >= 0.3 is 7.41 Å². The van der Waals surface area contributed by atoms with Gasteiger partial charge in [0.2, 0.25) is 0 Å². The predicted molar refractivity (Wildman–Crippen MR) is 35.0 cm³/mol. The Balaban J connectivity index is 2.58. The maximum atomic E-state index is 10.0. The van der Waals surface area contributed by atoms with Crippen LogP contribution in [0.3, 0.4) is 0 Å². The summed E-state index contributed by atoms with van der Waals surface area (Å²) in [5, 5.41) is 8.26. The molecule has 0 amide bonds. The standard InChI is InChI=1S/C5H6BNO2/c8-5(9)6-7-3-1-2-4-7/h1-4,6H,(H,8,9). The first-order valence-corrected chi connectivity index (χ1v) is 2.61. The van der Waals surface area contributed by atoms with Crippen LogP contribution < -0.4 is 0 Å². The molecule has 0 fully saturated rings. The van der Waals surface area contributed by atoms with Gasteiger partial charge in [0, 0.05) is 0 Å². The number of rotatable bonds is 2. The highest BCUT2D eigenvalue weighted by molar-refractivity contribution is 6.70. The third-order valence-electron chi connectivity index (χ3n) is 0.984. The number of carbonyl (C=O) groups is 1. The largest absolute Gasteiger partial charge is 0.488 e. The first-order chi connectivity index (χ1) is 4.29. The van der Waals surface area contributed by atoms with Crippen molar-refractivity contribution in [3.05, 3.63) is 24.5 Å². The minimum Gasteiger partial charge on any atom is -0.488 e.